The highest BCUT2D eigenvalue weighted by molar-refractivity contribution is 7.86. The molecule has 3 heterocycles. The van der Waals surface area contributed by atoms with Gasteiger partial charge in [0.2, 0.25) is 0 Å². The first-order valence-corrected chi connectivity index (χ1v) is 9.15. The molecule has 24 heavy (non-hydrogen) atoms. The molecule has 2 aromatic heterocycles. The zero-order valence-electron chi connectivity index (χ0n) is 13.7. The predicted octanol–water partition coefficient (Wildman–Crippen LogP) is 0.481. The third kappa shape index (κ3) is 3.37. The average molecular weight is 348 g/mol. The molecule has 0 saturated carbocycles. The summed E-state index contributed by atoms with van der Waals surface area (Å²) in [6.07, 6.45) is 3.44. The minimum absolute atomic E-state index is 0.351. The Morgan fingerprint density at radius 3 is 2.42 bits per heavy atom. The number of nitrogens with two attached hydrogens (primary N) is 1. The molecular weight excluding hydrogens is 328 g/mol. The molecule has 0 amide bonds. The summed E-state index contributed by atoms with van der Waals surface area (Å²) in [5.41, 5.74) is 2.74. The summed E-state index contributed by atoms with van der Waals surface area (Å²) in [5.74, 6) is 1.45. The Morgan fingerprint density at radius 2 is 1.83 bits per heavy atom. The minimum Gasteiger partial charge on any atom is -0.354 e. The number of aromatic nitrogens is 3. The first-order valence-electron chi connectivity index (χ1n) is 7.64. The smallest absolute Gasteiger partial charge is 0.277 e. The summed E-state index contributed by atoms with van der Waals surface area (Å²) in [6, 6.07) is 3.76. The highest BCUT2D eigenvalue weighted by Gasteiger charge is 2.26. The number of piperazine rings is 1. The fourth-order valence-electron chi connectivity index (χ4n) is 2.70. The second kappa shape index (κ2) is 6.42. The van der Waals surface area contributed by atoms with Crippen LogP contribution in [0.25, 0.3) is 11.4 Å². The first-order chi connectivity index (χ1) is 11.4. The topological polar surface area (TPSA) is 105 Å². The molecule has 1 fully saturated rings. The number of aryl methyl sites for hydroxylation is 1. The van der Waals surface area contributed by atoms with Gasteiger partial charge in [0, 0.05) is 55.4 Å². The van der Waals surface area contributed by atoms with Crippen molar-refractivity contribution < 1.29 is 8.42 Å². The fraction of sp³-hybridized carbons (Fsp3) is 0.400. The van der Waals surface area contributed by atoms with Crippen molar-refractivity contribution in [2.75, 3.05) is 31.1 Å². The van der Waals surface area contributed by atoms with E-state index in [0.717, 1.165) is 22.6 Å². The number of anilines is 1. The van der Waals surface area contributed by atoms with Gasteiger partial charge < -0.3 is 4.90 Å². The Bertz CT molecular complexity index is 833. The molecule has 1 aliphatic heterocycles. The van der Waals surface area contributed by atoms with Crippen LogP contribution in [0.4, 0.5) is 5.82 Å². The van der Waals surface area contributed by atoms with Crippen LogP contribution in [0.2, 0.25) is 0 Å². The summed E-state index contributed by atoms with van der Waals surface area (Å²) < 4.78 is 24.2. The van der Waals surface area contributed by atoms with Crippen molar-refractivity contribution in [3.05, 3.63) is 35.8 Å². The minimum atomic E-state index is -3.64. The van der Waals surface area contributed by atoms with Crippen LogP contribution in [0.1, 0.15) is 11.3 Å². The van der Waals surface area contributed by atoms with Crippen molar-refractivity contribution in [3.63, 3.8) is 0 Å². The van der Waals surface area contributed by atoms with Gasteiger partial charge in [-0.15, -0.1) is 0 Å². The van der Waals surface area contributed by atoms with E-state index >= 15 is 0 Å². The van der Waals surface area contributed by atoms with Crippen LogP contribution in [0, 0.1) is 13.8 Å². The summed E-state index contributed by atoms with van der Waals surface area (Å²) in [7, 11) is -3.64. The molecule has 0 aliphatic carbocycles. The largest absolute Gasteiger partial charge is 0.354 e. The molecule has 0 atom stereocenters. The summed E-state index contributed by atoms with van der Waals surface area (Å²) in [5, 5.41) is 5.20. The molecule has 0 aromatic carbocycles. The van der Waals surface area contributed by atoms with Gasteiger partial charge in [-0.2, -0.15) is 12.7 Å². The molecule has 3 rings (SSSR count). The number of rotatable bonds is 3. The molecule has 8 nitrogen and oxygen atoms in total. The van der Waals surface area contributed by atoms with E-state index in [1.165, 1.54) is 4.31 Å². The van der Waals surface area contributed by atoms with Gasteiger partial charge in [-0.05, 0) is 26.0 Å². The quantitative estimate of drug-likeness (QED) is 0.865. The standard InChI is InChI=1S/C15H20N6O2S/c1-11-12(2)18-14(13-4-3-5-17-10-13)19-15(11)20-6-8-21(9-7-20)24(16,22)23/h3-5,10H,6-9H2,1-2H3,(H2,16,22,23). The van der Waals surface area contributed by atoms with Crippen LogP contribution < -0.4 is 10.0 Å². The first kappa shape index (κ1) is 16.7. The van der Waals surface area contributed by atoms with Gasteiger partial charge in [-0.3, -0.25) is 4.98 Å². The molecular formula is C15H20N6O2S. The van der Waals surface area contributed by atoms with Gasteiger partial charge in [0.15, 0.2) is 5.82 Å². The third-order valence-corrected chi connectivity index (χ3v) is 5.27. The second-order valence-corrected chi connectivity index (χ2v) is 7.30. The van der Waals surface area contributed by atoms with Crippen LogP contribution in [-0.2, 0) is 10.2 Å². The molecule has 0 unspecified atom stereocenters. The van der Waals surface area contributed by atoms with E-state index in [0.29, 0.717) is 32.0 Å². The van der Waals surface area contributed by atoms with Gasteiger partial charge in [0.25, 0.3) is 10.2 Å². The molecule has 0 radical (unpaired) electrons. The van der Waals surface area contributed by atoms with E-state index in [4.69, 9.17) is 5.14 Å². The van der Waals surface area contributed by atoms with Crippen LogP contribution in [0.15, 0.2) is 24.5 Å². The average Bonchev–Trinajstić information content (AvgIpc) is 2.57. The Kier molecular flexibility index (Phi) is 4.48. The van der Waals surface area contributed by atoms with E-state index in [-0.39, 0.29) is 0 Å². The highest BCUT2D eigenvalue weighted by Crippen LogP contribution is 2.25. The Balaban J connectivity index is 1.90. The fourth-order valence-corrected chi connectivity index (χ4v) is 3.37. The Morgan fingerprint density at radius 1 is 1.12 bits per heavy atom. The van der Waals surface area contributed by atoms with E-state index in [1.54, 1.807) is 12.4 Å². The Labute approximate surface area is 141 Å². The van der Waals surface area contributed by atoms with Crippen molar-refractivity contribution in [1.82, 2.24) is 19.3 Å². The number of pyridine rings is 1. The molecule has 1 aliphatic rings. The van der Waals surface area contributed by atoms with Crippen LogP contribution in [0.5, 0.6) is 0 Å². The third-order valence-electron chi connectivity index (χ3n) is 4.18. The molecule has 2 N–H and O–H groups in total. The van der Waals surface area contributed by atoms with Crippen molar-refractivity contribution in [2.24, 2.45) is 5.14 Å². The predicted molar refractivity (Wildman–Crippen MR) is 91.6 cm³/mol. The van der Waals surface area contributed by atoms with Crippen LogP contribution in [0.3, 0.4) is 0 Å². The second-order valence-electron chi connectivity index (χ2n) is 5.75. The van der Waals surface area contributed by atoms with Crippen molar-refractivity contribution in [2.45, 2.75) is 13.8 Å². The molecule has 1 saturated heterocycles. The van der Waals surface area contributed by atoms with Crippen molar-refractivity contribution >= 4 is 16.0 Å². The van der Waals surface area contributed by atoms with E-state index in [2.05, 4.69) is 19.9 Å². The molecule has 0 spiro atoms. The molecule has 2 aromatic rings. The van der Waals surface area contributed by atoms with Gasteiger partial charge in [-0.25, -0.2) is 15.1 Å². The zero-order chi connectivity index (χ0) is 17.3. The molecule has 0 bridgehead atoms. The Hall–Kier alpha value is -2.10. The number of nitrogens with zero attached hydrogens (tertiary/aromatic N) is 5. The number of hydrogen-bond donors (Lipinski definition) is 1. The number of hydrogen-bond acceptors (Lipinski definition) is 6. The maximum atomic E-state index is 11.4. The van der Waals surface area contributed by atoms with Crippen molar-refractivity contribution in [1.29, 1.82) is 0 Å². The van der Waals surface area contributed by atoms with Crippen LogP contribution >= 0.6 is 0 Å². The maximum Gasteiger partial charge on any atom is 0.277 e. The van der Waals surface area contributed by atoms with Gasteiger partial charge in [0.05, 0.1) is 0 Å². The lowest BCUT2D eigenvalue weighted by Gasteiger charge is -2.34. The lowest BCUT2D eigenvalue weighted by atomic mass is 10.2. The van der Waals surface area contributed by atoms with Gasteiger partial charge in [0.1, 0.15) is 5.82 Å². The monoisotopic (exact) mass is 348 g/mol. The highest BCUT2D eigenvalue weighted by atomic mass is 32.2. The molecule has 128 valence electrons. The van der Waals surface area contributed by atoms with Gasteiger partial charge in [-0.1, -0.05) is 0 Å². The lowest BCUT2D eigenvalue weighted by Crippen LogP contribution is -2.51. The SMILES string of the molecule is Cc1nc(-c2cccnc2)nc(N2CCN(S(N)(=O)=O)CC2)c1C. The van der Waals surface area contributed by atoms with E-state index < -0.39 is 10.2 Å². The maximum absolute atomic E-state index is 11.4. The normalized spacial score (nSPS) is 16.4. The van der Waals surface area contributed by atoms with Crippen LogP contribution in [-0.4, -0.2) is 53.9 Å². The molecule has 9 heteroatoms. The van der Waals surface area contributed by atoms with Gasteiger partial charge >= 0.3 is 0 Å². The lowest BCUT2D eigenvalue weighted by molar-refractivity contribution is 0.384. The van der Waals surface area contributed by atoms with E-state index in [9.17, 15) is 8.42 Å². The summed E-state index contributed by atoms with van der Waals surface area (Å²) >= 11 is 0. The summed E-state index contributed by atoms with van der Waals surface area (Å²) in [6.45, 7) is 5.71. The van der Waals surface area contributed by atoms with Crippen molar-refractivity contribution in [3.8, 4) is 11.4 Å². The summed E-state index contributed by atoms with van der Waals surface area (Å²) in [4.78, 5) is 15.4. The van der Waals surface area contributed by atoms with E-state index in [1.807, 2.05) is 26.0 Å². The zero-order valence-corrected chi connectivity index (χ0v) is 14.5.